The number of aromatic nitrogens is 1. The average molecular weight is 281 g/mol. The van der Waals surface area contributed by atoms with Gasteiger partial charge in [0, 0.05) is 18.4 Å². The Morgan fingerprint density at radius 2 is 2.00 bits per heavy atom. The van der Waals surface area contributed by atoms with Crippen LogP contribution >= 0.6 is 0 Å². The predicted molar refractivity (Wildman–Crippen MR) is 80.1 cm³/mol. The number of carbonyl (C=O) groups is 1. The first-order valence-corrected chi connectivity index (χ1v) is 6.32. The van der Waals surface area contributed by atoms with E-state index in [4.69, 9.17) is 16.7 Å². The Morgan fingerprint density at radius 1 is 1.29 bits per heavy atom. The molecule has 0 radical (unpaired) electrons. The minimum Gasteiger partial charge on any atom is -0.399 e. The van der Waals surface area contributed by atoms with E-state index in [1.54, 1.807) is 29.2 Å². The van der Waals surface area contributed by atoms with Crippen molar-refractivity contribution in [1.29, 1.82) is 5.26 Å². The van der Waals surface area contributed by atoms with Gasteiger partial charge in [-0.15, -0.1) is 0 Å². The van der Waals surface area contributed by atoms with Crippen molar-refractivity contribution in [1.82, 2.24) is 4.98 Å². The first-order chi connectivity index (χ1) is 10.1. The van der Waals surface area contributed by atoms with E-state index < -0.39 is 5.91 Å². The highest BCUT2D eigenvalue weighted by Gasteiger charge is 2.12. The van der Waals surface area contributed by atoms with Gasteiger partial charge in [0.05, 0.1) is 18.2 Å². The van der Waals surface area contributed by atoms with Crippen LogP contribution in [0, 0.1) is 11.3 Å². The van der Waals surface area contributed by atoms with Gasteiger partial charge in [0.15, 0.2) is 0 Å². The number of anilines is 2. The Balaban J connectivity index is 2.27. The smallest absolute Gasteiger partial charge is 0.237 e. The highest BCUT2D eigenvalue weighted by molar-refractivity contribution is 5.79. The van der Waals surface area contributed by atoms with Gasteiger partial charge in [-0.25, -0.2) is 4.98 Å². The summed E-state index contributed by atoms with van der Waals surface area (Å²) in [6, 6.07) is 12.6. The number of hydrogen-bond donors (Lipinski definition) is 2. The Hall–Kier alpha value is -3.07. The zero-order chi connectivity index (χ0) is 15.2. The molecule has 0 fully saturated rings. The molecule has 1 amide bonds. The average Bonchev–Trinajstić information content (AvgIpc) is 2.48. The summed E-state index contributed by atoms with van der Waals surface area (Å²) in [5.41, 5.74) is 13.1. The second-order valence-corrected chi connectivity index (χ2v) is 4.58. The summed E-state index contributed by atoms with van der Waals surface area (Å²) in [4.78, 5) is 17.2. The molecular weight excluding hydrogens is 266 g/mol. The quantitative estimate of drug-likeness (QED) is 0.795. The maximum atomic E-state index is 11.2. The van der Waals surface area contributed by atoms with Crippen LogP contribution < -0.4 is 16.4 Å². The standard InChI is InChI=1S/C15H15N5O/c16-8-12-5-6-19-15(7-12)20(10-14(18)21)9-11-1-3-13(17)4-2-11/h1-7H,9-10,17H2,(H2,18,21). The van der Waals surface area contributed by atoms with Crippen molar-refractivity contribution < 1.29 is 4.79 Å². The lowest BCUT2D eigenvalue weighted by Crippen LogP contribution is -2.34. The highest BCUT2D eigenvalue weighted by Crippen LogP contribution is 2.16. The summed E-state index contributed by atoms with van der Waals surface area (Å²) < 4.78 is 0. The third kappa shape index (κ3) is 3.94. The molecule has 0 saturated carbocycles. The number of nitrogen functional groups attached to an aromatic ring is 1. The van der Waals surface area contributed by atoms with Crippen LogP contribution in [0.15, 0.2) is 42.6 Å². The fraction of sp³-hybridized carbons (Fsp3) is 0.133. The molecule has 0 aliphatic heterocycles. The molecule has 1 heterocycles. The van der Waals surface area contributed by atoms with Crippen molar-refractivity contribution in [3.05, 3.63) is 53.7 Å². The number of nitrogens with two attached hydrogens (primary N) is 2. The third-order valence-corrected chi connectivity index (χ3v) is 2.90. The van der Waals surface area contributed by atoms with Gasteiger partial charge in [-0.2, -0.15) is 5.26 Å². The van der Waals surface area contributed by atoms with Gasteiger partial charge in [0.25, 0.3) is 0 Å². The van der Waals surface area contributed by atoms with Crippen molar-refractivity contribution in [2.45, 2.75) is 6.54 Å². The van der Waals surface area contributed by atoms with Crippen molar-refractivity contribution in [3.63, 3.8) is 0 Å². The molecule has 0 bridgehead atoms. The number of rotatable bonds is 5. The molecule has 0 spiro atoms. The number of nitriles is 1. The van der Waals surface area contributed by atoms with E-state index in [0.717, 1.165) is 5.56 Å². The van der Waals surface area contributed by atoms with Crippen LogP contribution in [-0.4, -0.2) is 17.4 Å². The van der Waals surface area contributed by atoms with E-state index in [2.05, 4.69) is 4.98 Å². The normalized spacial score (nSPS) is 9.86. The molecule has 1 aromatic carbocycles. The number of hydrogen-bond acceptors (Lipinski definition) is 5. The monoisotopic (exact) mass is 281 g/mol. The molecule has 0 atom stereocenters. The predicted octanol–water partition coefficient (Wildman–Crippen LogP) is 1.03. The van der Waals surface area contributed by atoms with Crippen LogP contribution in [0.1, 0.15) is 11.1 Å². The maximum absolute atomic E-state index is 11.2. The van der Waals surface area contributed by atoms with Gasteiger partial charge in [0.2, 0.25) is 5.91 Å². The topological polar surface area (TPSA) is 109 Å². The summed E-state index contributed by atoms with van der Waals surface area (Å²) >= 11 is 0. The molecule has 2 aromatic rings. The number of carbonyl (C=O) groups excluding carboxylic acids is 1. The summed E-state index contributed by atoms with van der Waals surface area (Å²) in [5.74, 6) is 0.0688. The third-order valence-electron chi connectivity index (χ3n) is 2.90. The number of benzene rings is 1. The van der Waals surface area contributed by atoms with E-state index in [-0.39, 0.29) is 6.54 Å². The Bertz CT molecular complexity index is 675. The van der Waals surface area contributed by atoms with Crippen LogP contribution in [0.3, 0.4) is 0 Å². The lowest BCUT2D eigenvalue weighted by Gasteiger charge is -2.22. The highest BCUT2D eigenvalue weighted by atomic mass is 16.1. The summed E-state index contributed by atoms with van der Waals surface area (Å²) in [5, 5.41) is 8.94. The molecule has 0 unspecified atom stereocenters. The van der Waals surface area contributed by atoms with Crippen LogP contribution in [-0.2, 0) is 11.3 Å². The Morgan fingerprint density at radius 3 is 2.62 bits per heavy atom. The van der Waals surface area contributed by atoms with Gasteiger partial charge in [-0.3, -0.25) is 4.79 Å². The van der Waals surface area contributed by atoms with Crippen molar-refractivity contribution in [3.8, 4) is 6.07 Å². The van der Waals surface area contributed by atoms with Crippen molar-refractivity contribution in [2.24, 2.45) is 5.73 Å². The van der Waals surface area contributed by atoms with E-state index in [1.807, 2.05) is 18.2 Å². The number of pyridine rings is 1. The van der Waals surface area contributed by atoms with E-state index in [9.17, 15) is 4.79 Å². The molecular formula is C15H15N5O. The molecule has 2 rings (SSSR count). The first kappa shape index (κ1) is 14.3. The van der Waals surface area contributed by atoms with E-state index in [0.29, 0.717) is 23.6 Å². The van der Waals surface area contributed by atoms with Crippen LogP contribution in [0.5, 0.6) is 0 Å². The zero-order valence-corrected chi connectivity index (χ0v) is 11.4. The lowest BCUT2D eigenvalue weighted by molar-refractivity contribution is -0.116. The fourth-order valence-corrected chi connectivity index (χ4v) is 1.91. The molecule has 6 heteroatoms. The van der Waals surface area contributed by atoms with E-state index >= 15 is 0 Å². The number of nitrogens with zero attached hydrogens (tertiary/aromatic N) is 3. The number of primary amides is 1. The summed E-state index contributed by atoms with van der Waals surface area (Å²) in [7, 11) is 0. The molecule has 1 aromatic heterocycles. The zero-order valence-electron chi connectivity index (χ0n) is 11.4. The summed E-state index contributed by atoms with van der Waals surface area (Å²) in [6.07, 6.45) is 1.53. The van der Waals surface area contributed by atoms with Gasteiger partial charge in [-0.1, -0.05) is 12.1 Å². The number of amides is 1. The van der Waals surface area contributed by atoms with Crippen LogP contribution in [0.2, 0.25) is 0 Å². The first-order valence-electron chi connectivity index (χ1n) is 6.32. The fourth-order valence-electron chi connectivity index (χ4n) is 1.91. The largest absolute Gasteiger partial charge is 0.399 e. The minimum atomic E-state index is -0.463. The van der Waals surface area contributed by atoms with Gasteiger partial charge >= 0.3 is 0 Å². The van der Waals surface area contributed by atoms with Gasteiger partial charge in [-0.05, 0) is 29.8 Å². The second-order valence-electron chi connectivity index (χ2n) is 4.58. The lowest BCUT2D eigenvalue weighted by atomic mass is 10.2. The van der Waals surface area contributed by atoms with Crippen LogP contribution in [0.25, 0.3) is 0 Å². The Kier molecular flexibility index (Phi) is 4.36. The van der Waals surface area contributed by atoms with Crippen LogP contribution in [0.4, 0.5) is 11.5 Å². The molecule has 21 heavy (non-hydrogen) atoms. The van der Waals surface area contributed by atoms with Crippen molar-refractivity contribution >= 4 is 17.4 Å². The maximum Gasteiger partial charge on any atom is 0.237 e. The molecule has 0 aliphatic carbocycles. The van der Waals surface area contributed by atoms with Gasteiger partial charge in [0.1, 0.15) is 5.82 Å². The molecule has 0 aliphatic rings. The summed E-state index contributed by atoms with van der Waals surface area (Å²) in [6.45, 7) is 0.470. The Labute approximate surface area is 122 Å². The molecule has 6 nitrogen and oxygen atoms in total. The molecule has 4 N–H and O–H groups in total. The molecule has 0 saturated heterocycles. The SMILES string of the molecule is N#Cc1ccnc(N(CC(N)=O)Cc2ccc(N)cc2)c1. The second kappa shape index (κ2) is 6.39. The van der Waals surface area contributed by atoms with E-state index in [1.165, 1.54) is 6.20 Å². The van der Waals surface area contributed by atoms with Crippen molar-refractivity contribution in [2.75, 3.05) is 17.2 Å². The molecule has 106 valence electrons. The minimum absolute atomic E-state index is 0.0201. The van der Waals surface area contributed by atoms with Gasteiger partial charge < -0.3 is 16.4 Å².